The average Bonchev–Trinajstić information content (AvgIpc) is 2.48. The van der Waals surface area contributed by atoms with Crippen LogP contribution >= 0.6 is 15.9 Å². The predicted molar refractivity (Wildman–Crippen MR) is 84.4 cm³/mol. The van der Waals surface area contributed by atoms with Gasteiger partial charge in [0.05, 0.1) is 10.0 Å². The molecule has 0 heterocycles. The Morgan fingerprint density at radius 3 is 2.29 bits per heavy atom. The third-order valence-corrected chi connectivity index (χ3v) is 4.84. The molecule has 0 fully saturated rings. The highest BCUT2D eigenvalue weighted by atomic mass is 79.9. The van der Waals surface area contributed by atoms with Gasteiger partial charge in [-0.25, -0.2) is 8.78 Å². The van der Waals surface area contributed by atoms with Crippen molar-refractivity contribution in [2.45, 2.75) is 46.1 Å². The zero-order chi connectivity index (χ0) is 16.2. The van der Waals surface area contributed by atoms with E-state index in [1.165, 1.54) is 12.1 Å². The molecule has 118 valence electrons. The second-order valence-electron chi connectivity index (χ2n) is 5.22. The zero-order valence-electron chi connectivity index (χ0n) is 13.0. The SMILES string of the molecule is CCN(CC)C(C)(CC)C(=O)Cc1c(F)ccc(Br)c1F. The Labute approximate surface area is 133 Å². The molecule has 0 saturated heterocycles. The molecule has 0 aliphatic carbocycles. The molecule has 1 aromatic rings. The molecule has 0 spiro atoms. The Bertz CT molecular complexity index is 517. The van der Waals surface area contributed by atoms with Gasteiger partial charge in [0.25, 0.3) is 0 Å². The summed E-state index contributed by atoms with van der Waals surface area (Å²) in [5.41, 5.74) is -0.869. The lowest BCUT2D eigenvalue weighted by Gasteiger charge is -2.38. The fraction of sp³-hybridized carbons (Fsp3) is 0.562. The lowest BCUT2D eigenvalue weighted by molar-refractivity contribution is -0.130. The minimum Gasteiger partial charge on any atom is -0.297 e. The Morgan fingerprint density at radius 2 is 1.81 bits per heavy atom. The quantitative estimate of drug-likeness (QED) is 0.673. The van der Waals surface area contributed by atoms with Crippen molar-refractivity contribution in [1.82, 2.24) is 4.90 Å². The summed E-state index contributed by atoms with van der Waals surface area (Å²) >= 11 is 3.03. The van der Waals surface area contributed by atoms with Gasteiger partial charge in [0.2, 0.25) is 0 Å². The number of halogens is 3. The number of benzene rings is 1. The number of ketones is 1. The van der Waals surface area contributed by atoms with E-state index in [4.69, 9.17) is 0 Å². The van der Waals surface area contributed by atoms with Crippen LogP contribution in [0.4, 0.5) is 8.78 Å². The third kappa shape index (κ3) is 3.69. The third-order valence-electron chi connectivity index (χ3n) is 4.23. The van der Waals surface area contributed by atoms with Crippen molar-refractivity contribution in [3.63, 3.8) is 0 Å². The lowest BCUT2D eigenvalue weighted by atomic mass is 9.87. The number of carbonyl (C=O) groups excluding carboxylic acids is 1. The van der Waals surface area contributed by atoms with Crippen LogP contribution in [0.2, 0.25) is 0 Å². The molecule has 0 aliphatic rings. The number of Topliss-reactive ketones (excluding diaryl/α,β-unsaturated/α-hetero) is 1. The minimum absolute atomic E-state index is 0.162. The van der Waals surface area contributed by atoms with E-state index in [1.807, 2.05) is 32.6 Å². The number of hydrogen-bond donors (Lipinski definition) is 0. The van der Waals surface area contributed by atoms with Crippen molar-refractivity contribution in [2.75, 3.05) is 13.1 Å². The summed E-state index contributed by atoms with van der Waals surface area (Å²) in [6.07, 6.45) is 0.364. The van der Waals surface area contributed by atoms with Gasteiger partial charge in [0, 0.05) is 12.0 Å². The number of likely N-dealkylation sites (N-methyl/N-ethyl adjacent to an activating group) is 1. The van der Waals surface area contributed by atoms with Crippen molar-refractivity contribution in [1.29, 1.82) is 0 Å². The standard InChI is InChI=1S/C16H22BrF2NO/c1-5-16(4,20(6-2)7-3)14(21)10-11-13(18)9-8-12(17)15(11)19/h8-9H,5-7,10H2,1-4H3. The topological polar surface area (TPSA) is 20.3 Å². The number of hydrogen-bond acceptors (Lipinski definition) is 2. The van der Waals surface area contributed by atoms with E-state index >= 15 is 0 Å². The highest BCUT2D eigenvalue weighted by Gasteiger charge is 2.36. The van der Waals surface area contributed by atoms with Crippen LogP contribution in [-0.2, 0) is 11.2 Å². The van der Waals surface area contributed by atoms with Gasteiger partial charge in [-0.2, -0.15) is 0 Å². The van der Waals surface area contributed by atoms with E-state index in [9.17, 15) is 13.6 Å². The molecule has 0 radical (unpaired) electrons. The van der Waals surface area contributed by atoms with Gasteiger partial charge in [-0.15, -0.1) is 0 Å². The van der Waals surface area contributed by atoms with Crippen molar-refractivity contribution in [2.24, 2.45) is 0 Å². The van der Waals surface area contributed by atoms with Gasteiger partial charge in [0.1, 0.15) is 11.6 Å². The van der Waals surface area contributed by atoms with Crippen LogP contribution in [0.25, 0.3) is 0 Å². The molecular formula is C16H22BrF2NO. The van der Waals surface area contributed by atoms with Gasteiger partial charge in [0.15, 0.2) is 5.78 Å². The molecule has 1 atom stereocenters. The lowest BCUT2D eigenvalue weighted by Crippen LogP contribution is -2.52. The average molecular weight is 362 g/mol. The van der Waals surface area contributed by atoms with E-state index in [0.717, 1.165) is 13.1 Å². The van der Waals surface area contributed by atoms with Crippen LogP contribution in [0.1, 0.15) is 39.7 Å². The summed E-state index contributed by atoms with van der Waals surface area (Å²) in [6.45, 7) is 9.15. The van der Waals surface area contributed by atoms with Crippen LogP contribution in [0.3, 0.4) is 0 Å². The van der Waals surface area contributed by atoms with Gasteiger partial charge < -0.3 is 0 Å². The molecule has 0 aromatic heterocycles. The molecule has 2 nitrogen and oxygen atoms in total. The summed E-state index contributed by atoms with van der Waals surface area (Å²) < 4.78 is 28.0. The number of carbonyl (C=O) groups is 1. The normalized spacial score (nSPS) is 14.3. The van der Waals surface area contributed by atoms with Crippen molar-refractivity contribution >= 4 is 21.7 Å². The van der Waals surface area contributed by atoms with Crippen molar-refractivity contribution < 1.29 is 13.6 Å². The van der Waals surface area contributed by atoms with Gasteiger partial charge >= 0.3 is 0 Å². The molecular weight excluding hydrogens is 340 g/mol. The van der Waals surface area contributed by atoms with Crippen LogP contribution in [0.15, 0.2) is 16.6 Å². The number of nitrogens with zero attached hydrogens (tertiary/aromatic N) is 1. The van der Waals surface area contributed by atoms with Crippen LogP contribution in [-0.4, -0.2) is 29.3 Å². The highest BCUT2D eigenvalue weighted by Crippen LogP contribution is 2.26. The second kappa shape index (κ2) is 7.45. The number of rotatable bonds is 7. The molecule has 0 saturated carbocycles. The van der Waals surface area contributed by atoms with Crippen molar-refractivity contribution in [3.05, 3.63) is 33.8 Å². The zero-order valence-corrected chi connectivity index (χ0v) is 14.6. The fourth-order valence-electron chi connectivity index (χ4n) is 2.60. The molecule has 0 N–H and O–H groups in total. The largest absolute Gasteiger partial charge is 0.297 e. The van der Waals surface area contributed by atoms with Crippen LogP contribution < -0.4 is 0 Å². The van der Waals surface area contributed by atoms with Gasteiger partial charge in [-0.05, 0) is 54.5 Å². The second-order valence-corrected chi connectivity index (χ2v) is 6.08. The van der Waals surface area contributed by atoms with Crippen LogP contribution in [0, 0.1) is 11.6 Å². The molecule has 0 bridgehead atoms. The van der Waals surface area contributed by atoms with E-state index in [0.29, 0.717) is 6.42 Å². The summed E-state index contributed by atoms with van der Waals surface area (Å²) in [5.74, 6) is -1.53. The van der Waals surface area contributed by atoms with Gasteiger partial charge in [-0.1, -0.05) is 20.8 Å². The first-order valence-corrected chi connectivity index (χ1v) is 8.01. The maximum absolute atomic E-state index is 14.0. The van der Waals surface area contributed by atoms with Crippen LogP contribution in [0.5, 0.6) is 0 Å². The summed E-state index contributed by atoms with van der Waals surface area (Å²) in [5, 5.41) is 0. The fourth-order valence-corrected chi connectivity index (χ4v) is 2.97. The Kier molecular flexibility index (Phi) is 6.47. The summed E-state index contributed by atoms with van der Waals surface area (Å²) in [7, 11) is 0. The van der Waals surface area contributed by atoms with E-state index < -0.39 is 17.2 Å². The van der Waals surface area contributed by atoms with E-state index in [1.54, 1.807) is 0 Å². The Balaban J connectivity index is 3.12. The molecule has 0 amide bonds. The highest BCUT2D eigenvalue weighted by molar-refractivity contribution is 9.10. The predicted octanol–water partition coefficient (Wildman–Crippen LogP) is 4.35. The molecule has 0 aliphatic heterocycles. The molecule has 1 aromatic carbocycles. The maximum atomic E-state index is 14.0. The minimum atomic E-state index is -0.704. The summed E-state index contributed by atoms with van der Waals surface area (Å²) in [6, 6.07) is 2.48. The van der Waals surface area contributed by atoms with Gasteiger partial charge in [-0.3, -0.25) is 9.69 Å². The maximum Gasteiger partial charge on any atom is 0.157 e. The van der Waals surface area contributed by atoms with E-state index in [2.05, 4.69) is 15.9 Å². The smallest absolute Gasteiger partial charge is 0.157 e. The Morgan fingerprint density at radius 1 is 1.24 bits per heavy atom. The molecule has 21 heavy (non-hydrogen) atoms. The molecule has 5 heteroatoms. The monoisotopic (exact) mass is 361 g/mol. The Hall–Kier alpha value is -0.810. The molecule has 1 rings (SSSR count). The van der Waals surface area contributed by atoms with Crippen molar-refractivity contribution in [3.8, 4) is 0 Å². The first-order chi connectivity index (χ1) is 9.81. The summed E-state index contributed by atoms with van der Waals surface area (Å²) in [4.78, 5) is 14.7. The first kappa shape index (κ1) is 18.2. The first-order valence-electron chi connectivity index (χ1n) is 7.22. The molecule has 1 unspecified atom stereocenters. The van der Waals surface area contributed by atoms with E-state index in [-0.39, 0.29) is 22.2 Å².